The Kier molecular flexibility index (Phi) is 7.25. The molecule has 2 heterocycles. The summed E-state index contributed by atoms with van der Waals surface area (Å²) in [6, 6.07) is 11.1. The summed E-state index contributed by atoms with van der Waals surface area (Å²) >= 11 is 0. The lowest BCUT2D eigenvalue weighted by atomic mass is 10.2. The fraction of sp³-hybridized carbons (Fsp3) is 0.375. The minimum Gasteiger partial charge on any atom is -0.484 e. The van der Waals surface area contributed by atoms with Gasteiger partial charge < -0.3 is 19.5 Å². The third-order valence-electron chi connectivity index (χ3n) is 6.07. The van der Waals surface area contributed by atoms with E-state index >= 15 is 0 Å². The Morgan fingerprint density at radius 2 is 1.83 bits per heavy atom. The van der Waals surface area contributed by atoms with Crippen LogP contribution in [0, 0.1) is 10.1 Å². The molecule has 11 heteroatoms. The number of nitrogens with one attached hydrogen (secondary N) is 1. The van der Waals surface area contributed by atoms with Crippen molar-refractivity contribution in [3.05, 3.63) is 58.4 Å². The van der Waals surface area contributed by atoms with Crippen LogP contribution in [0.2, 0.25) is 0 Å². The predicted molar refractivity (Wildman–Crippen MR) is 130 cm³/mol. The van der Waals surface area contributed by atoms with E-state index in [-0.39, 0.29) is 24.1 Å². The summed E-state index contributed by atoms with van der Waals surface area (Å²) in [5, 5.41) is 13.5. The second-order valence-electron chi connectivity index (χ2n) is 8.39. The Labute approximate surface area is 202 Å². The Bertz CT molecular complexity index is 1230. The molecule has 1 N–H and O–H groups in total. The van der Waals surface area contributed by atoms with E-state index < -0.39 is 4.92 Å². The second kappa shape index (κ2) is 10.5. The quantitative estimate of drug-likeness (QED) is 0.388. The minimum atomic E-state index is -0.495. The molecule has 2 amide bonds. The van der Waals surface area contributed by atoms with Gasteiger partial charge in [0.25, 0.3) is 11.6 Å². The highest BCUT2D eigenvalue weighted by molar-refractivity contribution is 5.94. The summed E-state index contributed by atoms with van der Waals surface area (Å²) in [6.45, 7) is 5.43. The van der Waals surface area contributed by atoms with Crippen molar-refractivity contribution in [2.24, 2.45) is 7.05 Å². The lowest BCUT2D eigenvalue weighted by Crippen LogP contribution is -2.48. The van der Waals surface area contributed by atoms with Crippen LogP contribution in [-0.4, -0.2) is 68.9 Å². The first-order valence-corrected chi connectivity index (χ1v) is 11.5. The van der Waals surface area contributed by atoms with Gasteiger partial charge in [-0.25, -0.2) is 4.98 Å². The van der Waals surface area contributed by atoms with Crippen LogP contribution in [0.5, 0.6) is 5.75 Å². The lowest BCUT2D eigenvalue weighted by molar-refractivity contribution is -0.384. The van der Waals surface area contributed by atoms with Crippen LogP contribution in [0.1, 0.15) is 19.2 Å². The van der Waals surface area contributed by atoms with Gasteiger partial charge in [-0.3, -0.25) is 24.6 Å². The molecule has 1 fully saturated rings. The summed E-state index contributed by atoms with van der Waals surface area (Å²) in [4.78, 5) is 43.4. The van der Waals surface area contributed by atoms with E-state index in [1.54, 1.807) is 0 Å². The zero-order valence-electron chi connectivity index (χ0n) is 19.8. The number of piperazine rings is 1. The molecule has 0 unspecified atom stereocenters. The zero-order chi connectivity index (χ0) is 24.9. The van der Waals surface area contributed by atoms with Crippen LogP contribution >= 0.6 is 0 Å². The van der Waals surface area contributed by atoms with E-state index in [0.717, 1.165) is 43.0 Å². The molecule has 1 aliphatic heterocycles. The molecule has 1 saturated heterocycles. The number of anilines is 1. The van der Waals surface area contributed by atoms with E-state index in [1.165, 1.54) is 24.3 Å². The number of hydrogen-bond acceptors (Lipinski definition) is 7. The van der Waals surface area contributed by atoms with E-state index in [9.17, 15) is 19.7 Å². The molecular formula is C24H28N6O5. The monoisotopic (exact) mass is 480 g/mol. The molecule has 0 atom stereocenters. The number of fused-ring (bicyclic) bond motifs is 1. The summed E-state index contributed by atoms with van der Waals surface area (Å²) in [6.07, 6.45) is 0.535. The Hall–Kier alpha value is -3.99. The topological polar surface area (TPSA) is 123 Å². The first kappa shape index (κ1) is 24.1. The third kappa shape index (κ3) is 5.75. The highest BCUT2D eigenvalue weighted by Crippen LogP contribution is 2.21. The fourth-order valence-electron chi connectivity index (χ4n) is 4.06. The van der Waals surface area contributed by atoms with Gasteiger partial charge >= 0.3 is 0 Å². The van der Waals surface area contributed by atoms with E-state index in [1.807, 2.05) is 41.6 Å². The van der Waals surface area contributed by atoms with Gasteiger partial charge in [0.05, 0.1) is 22.5 Å². The molecule has 11 nitrogen and oxygen atoms in total. The number of nitrogens with zero attached hydrogens (tertiary/aromatic N) is 5. The highest BCUT2D eigenvalue weighted by Gasteiger charge is 2.21. The molecule has 3 aromatic rings. The first-order valence-electron chi connectivity index (χ1n) is 11.5. The number of ether oxygens (including phenoxy) is 1. The standard InChI is InChI=1S/C24H28N6O5/c1-3-24(32)29-12-10-28(11-13-29)15-22-26-20-14-17(4-9-21(20)27(22)2)25-23(31)16-35-19-7-5-18(6-8-19)30(33)34/h4-9,14H,3,10-13,15-16H2,1-2H3,(H,25,31). The molecule has 0 saturated carbocycles. The first-order chi connectivity index (χ1) is 16.8. The number of carbonyl (C=O) groups excluding carboxylic acids is 2. The molecule has 0 radical (unpaired) electrons. The van der Waals surface area contributed by atoms with Crippen LogP contribution < -0.4 is 10.1 Å². The molecule has 0 bridgehead atoms. The van der Waals surface area contributed by atoms with Gasteiger partial charge in [0, 0.05) is 57.5 Å². The summed E-state index contributed by atoms with van der Waals surface area (Å²) in [7, 11) is 1.97. The van der Waals surface area contributed by atoms with Crippen molar-refractivity contribution in [1.82, 2.24) is 19.4 Å². The molecule has 1 aliphatic rings. The van der Waals surface area contributed by atoms with Crippen LogP contribution in [0.25, 0.3) is 11.0 Å². The van der Waals surface area contributed by atoms with Gasteiger partial charge in [0.15, 0.2) is 6.61 Å². The Morgan fingerprint density at radius 1 is 1.11 bits per heavy atom. The van der Waals surface area contributed by atoms with Crippen molar-refractivity contribution in [1.29, 1.82) is 0 Å². The van der Waals surface area contributed by atoms with Gasteiger partial charge in [-0.2, -0.15) is 0 Å². The average molecular weight is 481 g/mol. The number of aromatic nitrogens is 2. The van der Waals surface area contributed by atoms with Gasteiger partial charge in [-0.1, -0.05) is 6.92 Å². The summed E-state index contributed by atoms with van der Waals surface area (Å²) < 4.78 is 7.46. The van der Waals surface area contributed by atoms with Crippen molar-refractivity contribution < 1.29 is 19.2 Å². The zero-order valence-corrected chi connectivity index (χ0v) is 19.8. The van der Waals surface area contributed by atoms with E-state index in [2.05, 4.69) is 10.2 Å². The van der Waals surface area contributed by atoms with Crippen molar-refractivity contribution in [3.63, 3.8) is 0 Å². The summed E-state index contributed by atoms with van der Waals surface area (Å²) in [5.74, 6) is 1.13. The van der Waals surface area contributed by atoms with Gasteiger partial charge in [-0.05, 0) is 30.3 Å². The van der Waals surface area contributed by atoms with Gasteiger partial charge in [0.1, 0.15) is 11.6 Å². The van der Waals surface area contributed by atoms with E-state index in [0.29, 0.717) is 24.4 Å². The number of imidazole rings is 1. The number of amides is 2. The summed E-state index contributed by atoms with van der Waals surface area (Å²) in [5.41, 5.74) is 2.29. The number of nitro benzene ring substituents is 1. The molecule has 4 rings (SSSR count). The van der Waals surface area contributed by atoms with Crippen molar-refractivity contribution >= 4 is 34.2 Å². The Balaban J connectivity index is 1.34. The van der Waals surface area contributed by atoms with Gasteiger partial charge in [0.2, 0.25) is 5.91 Å². The average Bonchev–Trinajstić information content (AvgIpc) is 3.17. The van der Waals surface area contributed by atoms with E-state index in [4.69, 9.17) is 9.72 Å². The number of rotatable bonds is 8. The molecule has 1 aromatic heterocycles. The highest BCUT2D eigenvalue weighted by atomic mass is 16.6. The second-order valence-corrected chi connectivity index (χ2v) is 8.39. The van der Waals surface area contributed by atoms with Crippen molar-refractivity contribution in [2.45, 2.75) is 19.9 Å². The smallest absolute Gasteiger partial charge is 0.269 e. The maximum Gasteiger partial charge on any atom is 0.269 e. The third-order valence-corrected chi connectivity index (χ3v) is 6.07. The number of hydrogen-bond donors (Lipinski definition) is 1. The predicted octanol–water partition coefficient (Wildman–Crippen LogP) is 2.55. The van der Waals surface area contributed by atoms with Crippen LogP contribution in [0.3, 0.4) is 0 Å². The van der Waals surface area contributed by atoms with Crippen molar-refractivity contribution in [3.8, 4) is 5.75 Å². The molecule has 2 aromatic carbocycles. The van der Waals surface area contributed by atoms with Crippen LogP contribution in [0.4, 0.5) is 11.4 Å². The molecule has 0 aliphatic carbocycles. The molecule has 35 heavy (non-hydrogen) atoms. The minimum absolute atomic E-state index is 0.0429. The SMILES string of the molecule is CCC(=O)N1CCN(Cc2nc3cc(NC(=O)COc4ccc([N+](=O)[O-])cc4)ccc3n2C)CC1. The number of aryl methyl sites for hydroxylation is 1. The number of non-ortho nitro benzene ring substituents is 1. The molecule has 184 valence electrons. The van der Waals surface area contributed by atoms with Crippen LogP contribution in [0.15, 0.2) is 42.5 Å². The number of carbonyl (C=O) groups is 2. The Morgan fingerprint density at radius 3 is 2.49 bits per heavy atom. The van der Waals surface area contributed by atoms with Gasteiger partial charge in [-0.15, -0.1) is 0 Å². The number of benzene rings is 2. The lowest BCUT2D eigenvalue weighted by Gasteiger charge is -2.34. The maximum absolute atomic E-state index is 12.3. The van der Waals surface area contributed by atoms with Crippen LogP contribution in [-0.2, 0) is 23.2 Å². The fourth-order valence-corrected chi connectivity index (χ4v) is 4.06. The van der Waals surface area contributed by atoms with Crippen molar-refractivity contribution in [2.75, 3.05) is 38.1 Å². The largest absolute Gasteiger partial charge is 0.484 e. The number of nitro groups is 1. The molecule has 0 spiro atoms. The maximum atomic E-state index is 12.3. The normalized spacial score (nSPS) is 14.2. The molecular weight excluding hydrogens is 452 g/mol.